The Morgan fingerprint density at radius 1 is 1.43 bits per heavy atom. The number of hydrogen-bond acceptors (Lipinski definition) is 13. The number of anilines is 1. The highest BCUT2D eigenvalue weighted by molar-refractivity contribution is 8.03. The van der Waals surface area contributed by atoms with Gasteiger partial charge in [0.05, 0.1) is 23.3 Å². The average molecular weight is 589 g/mol. The lowest BCUT2D eigenvalue weighted by molar-refractivity contribution is -0.157. The highest BCUT2D eigenvalue weighted by Crippen LogP contribution is 2.45. The average Bonchev–Trinajstić information content (AvgIpc) is 3.45. The highest BCUT2D eigenvalue weighted by Gasteiger charge is 2.57. The van der Waals surface area contributed by atoms with Crippen LogP contribution in [0.4, 0.5) is 5.13 Å². The van der Waals surface area contributed by atoms with Crippen LogP contribution in [0.2, 0.25) is 0 Å². The molecule has 2 saturated heterocycles. The number of nitrogens with two attached hydrogens (primary N) is 1. The van der Waals surface area contributed by atoms with E-state index in [0.29, 0.717) is 16.6 Å². The number of hydrogen-bond donors (Lipinski definition) is 5. The molecule has 2 unspecified atom stereocenters. The fourth-order valence-corrected chi connectivity index (χ4v) is 7.68. The largest absolute Gasteiger partial charge is 0.481 e. The number of hydrazine groups is 2. The summed E-state index contributed by atoms with van der Waals surface area (Å²) in [6, 6.07) is -0.691. The number of β-lactam (4-membered cyclic amide) rings is 1. The molecule has 6 N–H and O–H groups in total. The van der Waals surface area contributed by atoms with Crippen molar-refractivity contribution in [1.29, 1.82) is 0 Å². The van der Waals surface area contributed by atoms with E-state index >= 15 is 0 Å². The number of rotatable bonds is 8. The molecule has 0 saturated carbocycles. The standard InChI is InChI=1S/C20H24N8O5S3.ClH/c1-10-2-14(28-12(22-10)4-26(9-29)25-28)35-7-20(18(32)33)6-27-16(31)15(17(27)36-8-20)24-13(30)3-11-5-34-19(21)23-11;/h2,4-5,15,17,25,29H,3,6-9H2,1H3,(H2,21,23)(H,24,30)(H,32,33);1H/t15?,17-,20?;/m1./s1. The molecular formula is C20H25ClN8O5S3. The van der Waals surface area contributed by atoms with Gasteiger partial charge < -0.3 is 26.2 Å². The van der Waals surface area contributed by atoms with Crippen molar-refractivity contribution in [3.8, 4) is 0 Å². The fourth-order valence-electron chi connectivity index (χ4n) is 4.19. The van der Waals surface area contributed by atoms with E-state index in [4.69, 9.17) is 5.73 Å². The molecule has 0 bridgehead atoms. The molecule has 4 aliphatic heterocycles. The zero-order valence-electron chi connectivity index (χ0n) is 19.5. The second-order valence-corrected chi connectivity index (χ2v) is 11.7. The molecule has 0 radical (unpaired) electrons. The Kier molecular flexibility index (Phi) is 7.96. The molecule has 0 aromatic carbocycles. The lowest BCUT2D eigenvalue weighted by Gasteiger charge is -2.53. The zero-order valence-corrected chi connectivity index (χ0v) is 22.8. The van der Waals surface area contributed by atoms with Crippen molar-refractivity contribution in [3.05, 3.63) is 34.2 Å². The first-order chi connectivity index (χ1) is 17.2. The van der Waals surface area contributed by atoms with Crippen LogP contribution in [0, 0.1) is 5.41 Å². The predicted octanol–water partition coefficient (Wildman–Crippen LogP) is -0.00450. The van der Waals surface area contributed by atoms with Crippen LogP contribution in [0.3, 0.4) is 0 Å². The summed E-state index contributed by atoms with van der Waals surface area (Å²) in [6.45, 7) is 1.64. The van der Waals surface area contributed by atoms with Crippen molar-refractivity contribution in [2.24, 2.45) is 10.4 Å². The smallest absolute Gasteiger partial charge is 0.313 e. The molecule has 0 aliphatic carbocycles. The number of carboxylic acid groups (broad SMARTS) is 1. The summed E-state index contributed by atoms with van der Waals surface area (Å²) >= 11 is 3.95. The Hall–Kier alpha value is -2.50. The number of carbonyl (C=O) groups excluding carboxylic acids is 2. The Bertz CT molecular complexity index is 1210. The molecule has 5 rings (SSSR count). The molecule has 5 heterocycles. The highest BCUT2D eigenvalue weighted by atomic mass is 35.5. The van der Waals surface area contributed by atoms with E-state index in [2.05, 4.69) is 20.8 Å². The Labute approximate surface area is 230 Å². The number of allylic oxidation sites excluding steroid dienone is 1. The van der Waals surface area contributed by atoms with E-state index in [1.807, 2.05) is 13.0 Å². The Morgan fingerprint density at radius 2 is 2.22 bits per heavy atom. The predicted molar refractivity (Wildman–Crippen MR) is 143 cm³/mol. The van der Waals surface area contributed by atoms with E-state index < -0.39 is 17.4 Å². The van der Waals surface area contributed by atoms with Gasteiger partial charge >= 0.3 is 5.97 Å². The zero-order chi connectivity index (χ0) is 25.6. The van der Waals surface area contributed by atoms with Crippen LogP contribution in [0.25, 0.3) is 0 Å². The van der Waals surface area contributed by atoms with Crippen molar-refractivity contribution in [2.75, 3.05) is 30.5 Å². The molecule has 2 fully saturated rings. The van der Waals surface area contributed by atoms with E-state index in [1.54, 1.807) is 16.6 Å². The minimum atomic E-state index is -1.17. The number of fused-ring (bicyclic) bond motifs is 2. The number of aromatic nitrogens is 1. The molecule has 0 spiro atoms. The maximum absolute atomic E-state index is 12.8. The first-order valence-corrected chi connectivity index (χ1v) is 13.8. The lowest BCUT2D eigenvalue weighted by Crippen LogP contribution is -2.74. The summed E-state index contributed by atoms with van der Waals surface area (Å²) < 4.78 is 0. The molecule has 37 heavy (non-hydrogen) atoms. The number of carbonyl (C=O) groups is 3. The lowest BCUT2D eigenvalue weighted by atomic mass is 9.89. The van der Waals surface area contributed by atoms with Gasteiger partial charge in [-0.3, -0.25) is 19.4 Å². The second kappa shape index (κ2) is 10.7. The number of nitrogens with zero attached hydrogens (tertiary/aromatic N) is 5. The van der Waals surface area contributed by atoms with Gasteiger partial charge in [-0.25, -0.2) is 15.0 Å². The van der Waals surface area contributed by atoms with Crippen LogP contribution < -0.4 is 16.6 Å². The third-order valence-electron chi connectivity index (χ3n) is 6.05. The topological polar surface area (TPSA) is 177 Å². The molecule has 1 aromatic rings. The number of aliphatic carboxylic acids is 1. The maximum Gasteiger partial charge on any atom is 0.313 e. The molecule has 3 atom stereocenters. The molecule has 200 valence electrons. The van der Waals surface area contributed by atoms with Crippen LogP contribution in [-0.2, 0) is 20.8 Å². The first kappa shape index (κ1) is 27.5. The third kappa shape index (κ3) is 5.26. The van der Waals surface area contributed by atoms with Gasteiger partial charge in [-0.15, -0.1) is 52.8 Å². The summed E-state index contributed by atoms with van der Waals surface area (Å²) in [5.74, 6) is -0.504. The minimum absolute atomic E-state index is 0. The number of aliphatic hydroxyl groups is 1. The number of carboxylic acids is 1. The Morgan fingerprint density at radius 3 is 2.89 bits per heavy atom. The third-order valence-corrected chi connectivity index (χ3v) is 9.65. The first-order valence-electron chi connectivity index (χ1n) is 10.9. The van der Waals surface area contributed by atoms with E-state index in [1.165, 1.54) is 44.8 Å². The minimum Gasteiger partial charge on any atom is -0.481 e. The number of thiazole rings is 1. The fraction of sp³-hybridized carbons (Fsp3) is 0.450. The van der Waals surface area contributed by atoms with Crippen molar-refractivity contribution in [3.63, 3.8) is 0 Å². The summed E-state index contributed by atoms with van der Waals surface area (Å²) in [6.07, 6.45) is 3.51. The second-order valence-electron chi connectivity index (χ2n) is 8.71. The van der Waals surface area contributed by atoms with Crippen molar-refractivity contribution in [2.45, 2.75) is 24.8 Å². The van der Waals surface area contributed by atoms with E-state index in [9.17, 15) is 24.6 Å². The normalized spacial score (nSPS) is 26.3. The van der Waals surface area contributed by atoms with Crippen molar-refractivity contribution < 1.29 is 24.6 Å². The summed E-state index contributed by atoms with van der Waals surface area (Å²) in [4.78, 5) is 47.7. The number of thioether (sulfide) groups is 2. The van der Waals surface area contributed by atoms with Gasteiger partial charge in [0.15, 0.2) is 11.0 Å². The van der Waals surface area contributed by atoms with Crippen LogP contribution in [0.1, 0.15) is 12.6 Å². The maximum atomic E-state index is 12.8. The van der Waals surface area contributed by atoms with Gasteiger partial charge in [0.2, 0.25) is 11.8 Å². The number of aliphatic imine (C=N–C) groups is 1. The van der Waals surface area contributed by atoms with Crippen LogP contribution in [0.15, 0.2) is 33.5 Å². The monoisotopic (exact) mass is 588 g/mol. The molecule has 4 aliphatic rings. The summed E-state index contributed by atoms with van der Waals surface area (Å²) in [5.41, 5.74) is 8.71. The number of aliphatic hydroxyl groups excluding tert-OH is 1. The molecule has 13 nitrogen and oxygen atoms in total. The van der Waals surface area contributed by atoms with Gasteiger partial charge in [-0.2, -0.15) is 0 Å². The number of halogens is 1. The van der Waals surface area contributed by atoms with Gasteiger partial charge in [-0.05, 0) is 13.0 Å². The van der Waals surface area contributed by atoms with E-state index in [-0.39, 0.29) is 60.8 Å². The number of nitrogens with one attached hydrogen (secondary N) is 2. The van der Waals surface area contributed by atoms with Crippen LogP contribution >= 0.6 is 47.3 Å². The van der Waals surface area contributed by atoms with Crippen LogP contribution in [-0.4, -0.2) is 89.8 Å². The molecule has 17 heteroatoms. The van der Waals surface area contributed by atoms with Crippen LogP contribution in [0.5, 0.6) is 0 Å². The summed E-state index contributed by atoms with van der Waals surface area (Å²) in [7, 11) is 0. The summed E-state index contributed by atoms with van der Waals surface area (Å²) in [5, 5.41) is 28.0. The molecule has 1 aromatic heterocycles. The van der Waals surface area contributed by atoms with E-state index in [0.717, 1.165) is 10.7 Å². The Balaban J connectivity index is 0.00000320. The van der Waals surface area contributed by atoms with Gasteiger partial charge in [0.25, 0.3) is 0 Å². The van der Waals surface area contributed by atoms with Crippen molar-refractivity contribution >= 4 is 75.9 Å². The SMILES string of the molecule is CC1=NC2=CN(CO)NN2C(SCC2(C(=O)O)CS[C@@H]3C(NC(=O)Cc4csc(N)n4)C(=O)N3C2)=C1.Cl. The van der Waals surface area contributed by atoms with Crippen molar-refractivity contribution in [1.82, 2.24) is 30.8 Å². The van der Waals surface area contributed by atoms with Gasteiger partial charge in [0, 0.05) is 29.1 Å². The number of amides is 2. The van der Waals surface area contributed by atoms with Gasteiger partial charge in [-0.1, -0.05) is 0 Å². The van der Waals surface area contributed by atoms with Gasteiger partial charge in [0.1, 0.15) is 23.6 Å². The number of nitrogen functional groups attached to an aromatic ring is 1. The molecule has 2 amide bonds. The molecular weight excluding hydrogens is 564 g/mol. The quantitative estimate of drug-likeness (QED) is 0.257.